The molecular formula is C17H16FN3O. The van der Waals surface area contributed by atoms with E-state index < -0.39 is 5.60 Å². The first-order chi connectivity index (χ1) is 10.4. The molecule has 4 nitrogen and oxygen atoms in total. The van der Waals surface area contributed by atoms with E-state index in [0.29, 0.717) is 16.8 Å². The van der Waals surface area contributed by atoms with Crippen LogP contribution < -0.4 is 5.73 Å². The Morgan fingerprint density at radius 2 is 1.73 bits per heavy atom. The molecule has 3 rings (SSSR count). The van der Waals surface area contributed by atoms with Gasteiger partial charge in [0, 0.05) is 10.9 Å². The monoisotopic (exact) mass is 297 g/mol. The zero-order valence-electron chi connectivity index (χ0n) is 12.3. The Morgan fingerprint density at radius 3 is 2.41 bits per heavy atom. The van der Waals surface area contributed by atoms with E-state index >= 15 is 0 Å². The molecule has 3 aromatic rings. The van der Waals surface area contributed by atoms with E-state index in [4.69, 9.17) is 5.73 Å². The number of aromatic nitrogens is 2. The molecule has 5 heteroatoms. The highest BCUT2D eigenvalue weighted by molar-refractivity contribution is 5.96. The Hall–Kier alpha value is -2.53. The average Bonchev–Trinajstić information content (AvgIpc) is 2.46. The molecule has 2 aromatic carbocycles. The number of halogens is 1. The molecule has 0 saturated heterocycles. The summed E-state index contributed by atoms with van der Waals surface area (Å²) in [6.07, 6.45) is 0. The van der Waals surface area contributed by atoms with Crippen molar-refractivity contribution >= 4 is 16.7 Å². The van der Waals surface area contributed by atoms with Gasteiger partial charge in [0.2, 0.25) is 5.95 Å². The topological polar surface area (TPSA) is 72.0 Å². The van der Waals surface area contributed by atoms with Crippen molar-refractivity contribution in [3.8, 4) is 11.3 Å². The fourth-order valence-corrected chi connectivity index (χ4v) is 2.40. The lowest BCUT2D eigenvalue weighted by atomic mass is 9.98. The van der Waals surface area contributed by atoms with Crippen LogP contribution in [0.25, 0.3) is 22.0 Å². The van der Waals surface area contributed by atoms with Gasteiger partial charge in [-0.15, -0.1) is 0 Å². The lowest BCUT2D eigenvalue weighted by Crippen LogP contribution is -2.19. The molecule has 0 aliphatic carbocycles. The zero-order valence-corrected chi connectivity index (χ0v) is 12.3. The van der Waals surface area contributed by atoms with Crippen LogP contribution in [0.3, 0.4) is 0 Å². The quantitative estimate of drug-likeness (QED) is 0.761. The minimum Gasteiger partial charge on any atom is -0.384 e. The van der Waals surface area contributed by atoms with E-state index in [9.17, 15) is 9.50 Å². The Labute approximate surface area is 127 Å². The highest BCUT2D eigenvalue weighted by Gasteiger charge is 2.20. The number of hydrogen-bond donors (Lipinski definition) is 2. The summed E-state index contributed by atoms with van der Waals surface area (Å²) >= 11 is 0. The molecule has 0 bridgehead atoms. The summed E-state index contributed by atoms with van der Waals surface area (Å²) in [7, 11) is 0. The van der Waals surface area contributed by atoms with Gasteiger partial charge in [-0.25, -0.2) is 14.4 Å². The number of nitrogen functional groups attached to an aromatic ring is 1. The van der Waals surface area contributed by atoms with Crippen LogP contribution >= 0.6 is 0 Å². The third-order valence-corrected chi connectivity index (χ3v) is 3.52. The molecule has 0 radical (unpaired) electrons. The second kappa shape index (κ2) is 5.03. The molecule has 1 heterocycles. The number of anilines is 1. The molecule has 0 amide bonds. The van der Waals surface area contributed by atoms with E-state index in [1.807, 2.05) is 12.1 Å². The fraction of sp³-hybridized carbons (Fsp3) is 0.176. The molecule has 3 N–H and O–H groups in total. The minimum absolute atomic E-state index is 0.0723. The van der Waals surface area contributed by atoms with Crippen molar-refractivity contribution in [2.45, 2.75) is 19.4 Å². The number of nitrogens with zero attached hydrogens (tertiary/aromatic N) is 2. The summed E-state index contributed by atoms with van der Waals surface area (Å²) in [5.74, 6) is -0.216. The Balaban J connectivity index is 2.29. The highest BCUT2D eigenvalue weighted by atomic mass is 19.1. The number of aliphatic hydroxyl groups is 1. The van der Waals surface area contributed by atoms with Crippen molar-refractivity contribution in [3.05, 3.63) is 54.0 Å². The van der Waals surface area contributed by atoms with Gasteiger partial charge in [-0.2, -0.15) is 0 Å². The predicted molar refractivity (Wildman–Crippen MR) is 84.6 cm³/mol. The van der Waals surface area contributed by atoms with Gasteiger partial charge >= 0.3 is 0 Å². The van der Waals surface area contributed by atoms with Crippen LogP contribution in [0.5, 0.6) is 0 Å². The smallest absolute Gasteiger partial charge is 0.220 e. The molecule has 1 aromatic heterocycles. The normalized spacial score (nSPS) is 11.8. The van der Waals surface area contributed by atoms with Gasteiger partial charge in [-0.1, -0.05) is 24.3 Å². The number of rotatable bonds is 2. The summed E-state index contributed by atoms with van der Waals surface area (Å²) in [6.45, 7) is 3.25. The summed E-state index contributed by atoms with van der Waals surface area (Å²) in [6, 6.07) is 11.9. The third kappa shape index (κ3) is 2.51. The van der Waals surface area contributed by atoms with Crippen molar-refractivity contribution in [3.63, 3.8) is 0 Å². The maximum Gasteiger partial charge on any atom is 0.220 e. The van der Waals surface area contributed by atoms with Gasteiger partial charge in [-0.3, -0.25) is 0 Å². The lowest BCUT2D eigenvalue weighted by molar-refractivity contribution is 0.0739. The SMILES string of the molecule is CC(C)(O)c1cc(-c2ccc(F)c3ccccc23)nc(N)n1. The average molecular weight is 297 g/mol. The second-order valence-electron chi connectivity index (χ2n) is 5.70. The van der Waals surface area contributed by atoms with Crippen LogP contribution in [0.2, 0.25) is 0 Å². The van der Waals surface area contributed by atoms with Crippen LogP contribution in [0.15, 0.2) is 42.5 Å². The molecule has 0 unspecified atom stereocenters. The van der Waals surface area contributed by atoms with E-state index in [2.05, 4.69) is 9.97 Å². The molecule has 0 saturated carbocycles. The van der Waals surface area contributed by atoms with Gasteiger partial charge in [0.05, 0.1) is 11.4 Å². The van der Waals surface area contributed by atoms with Gasteiger partial charge in [0.1, 0.15) is 11.4 Å². The van der Waals surface area contributed by atoms with Crippen molar-refractivity contribution in [2.75, 3.05) is 5.73 Å². The van der Waals surface area contributed by atoms with Crippen molar-refractivity contribution in [1.82, 2.24) is 9.97 Å². The van der Waals surface area contributed by atoms with Gasteiger partial charge in [-0.05, 0) is 37.4 Å². The molecule has 0 fully saturated rings. The molecule has 0 spiro atoms. The van der Waals surface area contributed by atoms with Crippen LogP contribution in [0, 0.1) is 5.82 Å². The van der Waals surface area contributed by atoms with Crippen molar-refractivity contribution < 1.29 is 9.50 Å². The van der Waals surface area contributed by atoms with E-state index in [-0.39, 0.29) is 11.8 Å². The van der Waals surface area contributed by atoms with Crippen LogP contribution in [-0.4, -0.2) is 15.1 Å². The third-order valence-electron chi connectivity index (χ3n) is 3.52. The Bertz CT molecular complexity index is 856. The standard InChI is InChI=1S/C17H16FN3O/c1-17(2,22)15-9-14(20-16(19)21-15)12-7-8-13(18)11-6-4-3-5-10(11)12/h3-9,22H,1-2H3,(H2,19,20,21). The largest absolute Gasteiger partial charge is 0.384 e. The molecule has 112 valence electrons. The number of fused-ring (bicyclic) bond motifs is 1. The van der Waals surface area contributed by atoms with Crippen LogP contribution in [-0.2, 0) is 5.60 Å². The summed E-state index contributed by atoms with van der Waals surface area (Å²) in [5, 5.41) is 11.4. The maximum absolute atomic E-state index is 13.9. The number of benzene rings is 2. The molecular weight excluding hydrogens is 281 g/mol. The maximum atomic E-state index is 13.9. The first-order valence-electron chi connectivity index (χ1n) is 6.91. The first kappa shape index (κ1) is 14.4. The first-order valence-corrected chi connectivity index (χ1v) is 6.91. The van der Waals surface area contributed by atoms with Crippen molar-refractivity contribution in [2.24, 2.45) is 0 Å². The van der Waals surface area contributed by atoms with Crippen LogP contribution in [0.4, 0.5) is 10.3 Å². The number of hydrogen-bond acceptors (Lipinski definition) is 4. The fourth-order valence-electron chi connectivity index (χ4n) is 2.40. The molecule has 0 aliphatic heterocycles. The Kier molecular flexibility index (Phi) is 3.30. The van der Waals surface area contributed by atoms with Gasteiger partial charge < -0.3 is 10.8 Å². The summed E-state index contributed by atoms with van der Waals surface area (Å²) < 4.78 is 13.9. The van der Waals surface area contributed by atoms with E-state index in [1.165, 1.54) is 6.07 Å². The van der Waals surface area contributed by atoms with Crippen LogP contribution in [0.1, 0.15) is 19.5 Å². The second-order valence-corrected chi connectivity index (χ2v) is 5.70. The zero-order chi connectivity index (χ0) is 15.9. The summed E-state index contributed by atoms with van der Waals surface area (Å²) in [4.78, 5) is 8.30. The van der Waals surface area contributed by atoms with Gasteiger partial charge in [0.25, 0.3) is 0 Å². The van der Waals surface area contributed by atoms with E-state index in [0.717, 1.165) is 10.9 Å². The number of nitrogens with two attached hydrogens (primary N) is 1. The Morgan fingerprint density at radius 1 is 1.05 bits per heavy atom. The van der Waals surface area contributed by atoms with E-state index in [1.54, 1.807) is 38.1 Å². The lowest BCUT2D eigenvalue weighted by Gasteiger charge is -2.18. The molecule has 0 atom stereocenters. The van der Waals surface area contributed by atoms with Gasteiger partial charge in [0.15, 0.2) is 0 Å². The summed E-state index contributed by atoms with van der Waals surface area (Å²) in [5.41, 5.74) is 6.35. The molecule has 0 aliphatic rings. The minimum atomic E-state index is -1.14. The highest BCUT2D eigenvalue weighted by Crippen LogP contribution is 2.31. The van der Waals surface area contributed by atoms with Crippen molar-refractivity contribution in [1.29, 1.82) is 0 Å². The predicted octanol–water partition coefficient (Wildman–Crippen LogP) is 3.25. The molecule has 22 heavy (non-hydrogen) atoms.